The number of hydrogen-bond donors (Lipinski definition) is 1. The van der Waals surface area contributed by atoms with Gasteiger partial charge in [-0.1, -0.05) is 0 Å². The van der Waals surface area contributed by atoms with Crippen LogP contribution in [0.25, 0.3) is 0 Å². The maximum atomic E-state index is 12.9. The van der Waals surface area contributed by atoms with Crippen molar-refractivity contribution in [2.24, 2.45) is 5.41 Å². The number of ether oxygens (including phenoxy) is 1. The van der Waals surface area contributed by atoms with Crippen LogP contribution in [0.15, 0.2) is 15.8 Å². The maximum absolute atomic E-state index is 12.9. The van der Waals surface area contributed by atoms with Crippen LogP contribution in [0.3, 0.4) is 0 Å². The van der Waals surface area contributed by atoms with Gasteiger partial charge in [0.2, 0.25) is 5.82 Å². The molecule has 0 spiro atoms. The monoisotopic (exact) mass is 244 g/mol. The van der Waals surface area contributed by atoms with Crippen molar-refractivity contribution in [3.63, 3.8) is 0 Å². The molecule has 0 unspecified atom stereocenters. The highest BCUT2D eigenvalue weighted by molar-refractivity contribution is 5.75. The third kappa shape index (κ3) is 3.27. The zero-order valence-electron chi connectivity index (χ0n) is 9.74. The quantitative estimate of drug-likeness (QED) is 0.755. The second kappa shape index (κ2) is 4.52. The molecule has 0 bridgehead atoms. The van der Waals surface area contributed by atoms with E-state index in [4.69, 9.17) is 4.74 Å². The molecule has 94 valence electrons. The maximum Gasteiger partial charge on any atom is 0.331 e. The first-order chi connectivity index (χ1) is 7.71. The number of nitrogens with zero attached hydrogens (tertiary/aromatic N) is 1. The number of aromatic amines is 1. The van der Waals surface area contributed by atoms with Gasteiger partial charge in [0.05, 0.1) is 11.6 Å². The van der Waals surface area contributed by atoms with Crippen LogP contribution >= 0.6 is 0 Å². The predicted octanol–water partition coefficient (Wildman–Crippen LogP) is 0.222. The molecule has 1 heterocycles. The highest BCUT2D eigenvalue weighted by atomic mass is 19.1. The lowest BCUT2D eigenvalue weighted by Crippen LogP contribution is -2.33. The number of hydrogen-bond acceptors (Lipinski definition) is 4. The minimum Gasteiger partial charge on any atom is -0.443 e. The van der Waals surface area contributed by atoms with E-state index in [9.17, 15) is 18.8 Å². The number of H-pyrrole nitrogens is 1. The van der Waals surface area contributed by atoms with Crippen LogP contribution in [0.1, 0.15) is 20.8 Å². The molecule has 6 nitrogen and oxygen atoms in total. The van der Waals surface area contributed by atoms with Crippen LogP contribution in [0.5, 0.6) is 0 Å². The van der Waals surface area contributed by atoms with E-state index in [0.29, 0.717) is 6.20 Å². The van der Waals surface area contributed by atoms with E-state index in [1.807, 2.05) is 0 Å². The highest BCUT2D eigenvalue weighted by Gasteiger charge is 2.23. The predicted molar refractivity (Wildman–Crippen MR) is 56.8 cm³/mol. The number of carbonyl (C=O) groups is 1. The number of halogens is 1. The van der Waals surface area contributed by atoms with Crippen molar-refractivity contribution >= 4 is 5.97 Å². The van der Waals surface area contributed by atoms with Crippen LogP contribution in [0, 0.1) is 11.2 Å². The van der Waals surface area contributed by atoms with E-state index in [0.717, 1.165) is 4.57 Å². The average molecular weight is 244 g/mol. The number of carbonyl (C=O) groups excluding carboxylic acids is 1. The number of esters is 1. The minimum absolute atomic E-state index is 0.442. The summed E-state index contributed by atoms with van der Waals surface area (Å²) in [5.74, 6) is -1.65. The second-order valence-electron chi connectivity index (χ2n) is 4.52. The van der Waals surface area contributed by atoms with Gasteiger partial charge in [0.1, 0.15) is 0 Å². The Hall–Kier alpha value is -1.92. The number of rotatable bonds is 2. The molecule has 0 radical (unpaired) electrons. The van der Waals surface area contributed by atoms with Gasteiger partial charge in [-0.15, -0.1) is 0 Å². The molecule has 0 amide bonds. The Labute approximate surface area is 96.0 Å². The smallest absolute Gasteiger partial charge is 0.331 e. The summed E-state index contributed by atoms with van der Waals surface area (Å²) in [6.45, 7) is 4.49. The summed E-state index contributed by atoms with van der Waals surface area (Å²) in [6, 6.07) is 0. The molecule has 17 heavy (non-hydrogen) atoms. The zero-order chi connectivity index (χ0) is 13.2. The van der Waals surface area contributed by atoms with Crippen molar-refractivity contribution in [3.05, 3.63) is 32.9 Å². The highest BCUT2D eigenvalue weighted by Crippen LogP contribution is 2.15. The minimum atomic E-state index is -1.11. The molecule has 0 aliphatic heterocycles. The van der Waals surface area contributed by atoms with Crippen molar-refractivity contribution in [1.82, 2.24) is 9.55 Å². The van der Waals surface area contributed by atoms with E-state index >= 15 is 0 Å². The van der Waals surface area contributed by atoms with Crippen molar-refractivity contribution in [3.8, 4) is 0 Å². The first-order valence-corrected chi connectivity index (χ1v) is 4.88. The fourth-order valence-electron chi connectivity index (χ4n) is 0.923. The summed E-state index contributed by atoms with van der Waals surface area (Å²) >= 11 is 0. The van der Waals surface area contributed by atoms with Gasteiger partial charge in [-0.3, -0.25) is 19.1 Å². The van der Waals surface area contributed by atoms with Crippen molar-refractivity contribution in [2.45, 2.75) is 27.5 Å². The lowest BCUT2D eigenvalue weighted by Gasteiger charge is -2.16. The fraction of sp³-hybridized carbons (Fsp3) is 0.500. The van der Waals surface area contributed by atoms with Gasteiger partial charge in [0, 0.05) is 0 Å². The Balaban J connectivity index is 2.85. The molecule has 0 atom stereocenters. The van der Waals surface area contributed by atoms with Gasteiger partial charge in [0.15, 0.2) is 6.73 Å². The van der Waals surface area contributed by atoms with E-state index < -0.39 is 35.2 Å². The largest absolute Gasteiger partial charge is 0.443 e. The summed E-state index contributed by atoms with van der Waals surface area (Å²) in [7, 11) is 0. The third-order valence-electron chi connectivity index (χ3n) is 1.91. The summed E-state index contributed by atoms with van der Waals surface area (Å²) in [6.07, 6.45) is 0.692. The molecule has 0 saturated heterocycles. The molecule has 0 aromatic carbocycles. The summed E-state index contributed by atoms with van der Waals surface area (Å²) < 4.78 is 18.4. The summed E-state index contributed by atoms with van der Waals surface area (Å²) in [4.78, 5) is 35.1. The van der Waals surface area contributed by atoms with E-state index in [-0.39, 0.29) is 0 Å². The lowest BCUT2D eigenvalue weighted by molar-refractivity contribution is -0.157. The topological polar surface area (TPSA) is 81.2 Å². The van der Waals surface area contributed by atoms with Crippen LogP contribution in [-0.2, 0) is 16.3 Å². The fourth-order valence-corrected chi connectivity index (χ4v) is 0.923. The van der Waals surface area contributed by atoms with Crippen molar-refractivity contribution in [2.75, 3.05) is 0 Å². The molecule has 1 rings (SSSR count). The van der Waals surface area contributed by atoms with Gasteiger partial charge in [0.25, 0.3) is 5.56 Å². The zero-order valence-corrected chi connectivity index (χ0v) is 9.74. The Morgan fingerprint density at radius 3 is 2.59 bits per heavy atom. The first-order valence-electron chi connectivity index (χ1n) is 4.88. The number of nitrogens with one attached hydrogen (secondary N) is 1. The molecule has 1 aromatic heterocycles. The Bertz CT molecular complexity index is 538. The summed E-state index contributed by atoms with van der Waals surface area (Å²) in [5.41, 5.74) is -2.66. The Morgan fingerprint density at radius 1 is 1.47 bits per heavy atom. The van der Waals surface area contributed by atoms with Crippen LogP contribution < -0.4 is 11.2 Å². The van der Waals surface area contributed by atoms with Gasteiger partial charge >= 0.3 is 11.7 Å². The van der Waals surface area contributed by atoms with Gasteiger partial charge in [-0.25, -0.2) is 4.79 Å². The van der Waals surface area contributed by atoms with E-state index in [1.54, 1.807) is 25.8 Å². The third-order valence-corrected chi connectivity index (χ3v) is 1.91. The molecule has 1 aromatic rings. The molecule has 0 fully saturated rings. The van der Waals surface area contributed by atoms with Crippen molar-refractivity contribution < 1.29 is 13.9 Å². The molecule has 0 aliphatic rings. The van der Waals surface area contributed by atoms with Gasteiger partial charge in [-0.2, -0.15) is 4.39 Å². The van der Waals surface area contributed by atoms with Crippen LogP contribution in [0.4, 0.5) is 4.39 Å². The van der Waals surface area contributed by atoms with Crippen LogP contribution in [0.2, 0.25) is 0 Å². The second-order valence-corrected chi connectivity index (χ2v) is 4.52. The van der Waals surface area contributed by atoms with Crippen LogP contribution in [-0.4, -0.2) is 15.5 Å². The summed E-state index contributed by atoms with van der Waals surface area (Å²) in [5, 5.41) is 0. The molecular weight excluding hydrogens is 231 g/mol. The first kappa shape index (κ1) is 13.1. The normalized spacial score (nSPS) is 11.3. The molecular formula is C10H13FN2O4. The SMILES string of the molecule is CC(C)(C)C(=O)OCn1cc(F)c(=O)[nH]c1=O. The van der Waals surface area contributed by atoms with Crippen molar-refractivity contribution in [1.29, 1.82) is 0 Å². The standard InChI is InChI=1S/C10H13FN2O4/c1-10(2,3)8(15)17-5-13-4-6(11)7(14)12-9(13)16/h4H,5H2,1-3H3,(H,12,14,16). The molecule has 0 saturated carbocycles. The van der Waals surface area contributed by atoms with Gasteiger partial charge < -0.3 is 4.74 Å². The lowest BCUT2D eigenvalue weighted by atomic mass is 9.98. The molecule has 1 N–H and O–H groups in total. The molecule has 7 heteroatoms. The average Bonchev–Trinajstić information content (AvgIpc) is 2.19. The van der Waals surface area contributed by atoms with E-state index in [2.05, 4.69) is 0 Å². The molecule has 0 aliphatic carbocycles. The Morgan fingerprint density at radius 2 is 2.06 bits per heavy atom. The van der Waals surface area contributed by atoms with E-state index in [1.165, 1.54) is 0 Å². The van der Waals surface area contributed by atoms with Gasteiger partial charge in [-0.05, 0) is 20.8 Å². The Kier molecular flexibility index (Phi) is 3.50. The number of aromatic nitrogens is 2.